The number of aromatic hydroxyl groups is 1. The molecule has 162 valence electrons. The second kappa shape index (κ2) is 7.58. The number of hydrogen-bond donors (Lipinski definition) is 2. The lowest BCUT2D eigenvalue weighted by atomic mass is 10.1. The van der Waals surface area contributed by atoms with Crippen molar-refractivity contribution >= 4 is 5.91 Å². The van der Waals surface area contributed by atoms with Gasteiger partial charge in [-0.05, 0) is 38.5 Å². The van der Waals surface area contributed by atoms with Crippen LogP contribution in [-0.2, 0) is 23.4 Å². The van der Waals surface area contributed by atoms with Crippen LogP contribution in [0.5, 0.6) is 5.75 Å². The lowest BCUT2D eigenvalue weighted by molar-refractivity contribution is -0.0566. The lowest BCUT2D eigenvalue weighted by Gasteiger charge is -2.32. The van der Waals surface area contributed by atoms with Crippen molar-refractivity contribution in [2.24, 2.45) is 0 Å². The number of carbonyl (C=O) groups is 1. The number of ether oxygens (including phenoxy) is 1. The van der Waals surface area contributed by atoms with E-state index in [1.54, 1.807) is 20.8 Å². The van der Waals surface area contributed by atoms with Crippen LogP contribution in [0.25, 0.3) is 5.69 Å². The fourth-order valence-electron chi connectivity index (χ4n) is 3.51. The van der Waals surface area contributed by atoms with E-state index < -0.39 is 34.3 Å². The smallest absolute Gasteiger partial charge is 0.296 e. The van der Waals surface area contributed by atoms with Crippen LogP contribution in [0.1, 0.15) is 41.5 Å². The number of rotatable bonds is 4. The van der Waals surface area contributed by atoms with Crippen molar-refractivity contribution in [3.63, 3.8) is 0 Å². The molecule has 2 aromatic heterocycles. The number of benzene rings is 1. The van der Waals surface area contributed by atoms with Crippen molar-refractivity contribution in [3.8, 4) is 11.4 Å². The highest BCUT2D eigenvalue weighted by molar-refractivity contribution is 5.94. The van der Waals surface area contributed by atoms with Gasteiger partial charge in [0.15, 0.2) is 5.69 Å². The molecular weight excluding hydrogens is 407 g/mol. The van der Waals surface area contributed by atoms with E-state index >= 15 is 0 Å². The average molecular weight is 428 g/mol. The minimum atomic E-state index is -0.894. The molecule has 1 aliphatic heterocycles. The van der Waals surface area contributed by atoms with E-state index in [2.05, 4.69) is 20.4 Å². The van der Waals surface area contributed by atoms with Gasteiger partial charge < -0.3 is 15.2 Å². The van der Waals surface area contributed by atoms with E-state index in [4.69, 9.17) is 4.74 Å². The highest BCUT2D eigenvalue weighted by Gasteiger charge is 2.34. The van der Waals surface area contributed by atoms with Gasteiger partial charge in [-0.15, -0.1) is 0 Å². The number of carbonyl (C=O) groups excluding carboxylic acids is 1. The number of amides is 1. The SMILES string of the molecule is Cc1ncnn1-c1cc(F)ccc1CNC(=O)c1nc2n(c(=O)c1O)CCOC2(C)C. The molecule has 0 fully saturated rings. The summed E-state index contributed by atoms with van der Waals surface area (Å²) in [5.41, 5.74) is -1.02. The summed E-state index contributed by atoms with van der Waals surface area (Å²) in [6.07, 6.45) is 1.34. The molecular formula is C20H21FN6O4. The second-order valence-corrected chi connectivity index (χ2v) is 7.62. The zero-order valence-electron chi connectivity index (χ0n) is 17.2. The van der Waals surface area contributed by atoms with Crippen LogP contribution in [0, 0.1) is 12.7 Å². The van der Waals surface area contributed by atoms with Gasteiger partial charge in [-0.2, -0.15) is 5.10 Å². The first-order valence-corrected chi connectivity index (χ1v) is 9.61. The van der Waals surface area contributed by atoms with Gasteiger partial charge in [0.1, 0.15) is 29.4 Å². The number of fused-ring (bicyclic) bond motifs is 1. The van der Waals surface area contributed by atoms with Crippen molar-refractivity contribution in [3.05, 3.63) is 63.6 Å². The number of aromatic nitrogens is 5. The molecule has 2 N–H and O–H groups in total. The Morgan fingerprint density at radius 3 is 2.87 bits per heavy atom. The number of halogens is 1. The van der Waals surface area contributed by atoms with Gasteiger partial charge in [-0.25, -0.2) is 19.0 Å². The van der Waals surface area contributed by atoms with E-state index in [0.29, 0.717) is 23.7 Å². The maximum absolute atomic E-state index is 13.8. The van der Waals surface area contributed by atoms with Gasteiger partial charge in [-0.3, -0.25) is 14.2 Å². The molecule has 1 amide bonds. The Labute approximate surface area is 176 Å². The molecule has 3 aromatic rings. The summed E-state index contributed by atoms with van der Waals surface area (Å²) in [5, 5.41) is 17.0. The number of nitrogens with zero attached hydrogens (tertiary/aromatic N) is 5. The Morgan fingerprint density at radius 1 is 1.39 bits per heavy atom. The molecule has 0 spiro atoms. The van der Waals surface area contributed by atoms with Gasteiger partial charge in [0, 0.05) is 6.54 Å². The highest BCUT2D eigenvalue weighted by Crippen LogP contribution is 2.27. The van der Waals surface area contributed by atoms with Crippen LogP contribution in [0.3, 0.4) is 0 Å². The minimum Gasteiger partial charge on any atom is -0.501 e. The summed E-state index contributed by atoms with van der Waals surface area (Å²) in [6.45, 7) is 5.68. The molecule has 0 atom stereocenters. The zero-order chi connectivity index (χ0) is 22.3. The van der Waals surface area contributed by atoms with Crippen LogP contribution in [0.15, 0.2) is 29.3 Å². The van der Waals surface area contributed by atoms with Gasteiger partial charge in [-0.1, -0.05) is 6.07 Å². The first kappa shape index (κ1) is 20.7. The summed E-state index contributed by atoms with van der Waals surface area (Å²) >= 11 is 0. The standard InChI is InChI=1S/C20H21FN6O4/c1-11-23-10-24-27(11)14-8-13(21)5-4-12(14)9-22-17(29)15-16(28)18(30)26-6-7-31-20(2,3)19(26)25-15/h4-5,8,10,28H,6-7,9H2,1-3H3,(H,22,29). The van der Waals surface area contributed by atoms with Crippen LogP contribution in [0.2, 0.25) is 0 Å². The maximum Gasteiger partial charge on any atom is 0.296 e. The molecule has 0 saturated heterocycles. The molecule has 3 heterocycles. The molecule has 0 aliphatic carbocycles. The zero-order valence-corrected chi connectivity index (χ0v) is 17.2. The minimum absolute atomic E-state index is 0.0207. The predicted octanol–water partition coefficient (Wildman–Crippen LogP) is 1.17. The second-order valence-electron chi connectivity index (χ2n) is 7.62. The normalized spacial score (nSPS) is 14.8. The summed E-state index contributed by atoms with van der Waals surface area (Å²) in [5.74, 6) is -1.14. The van der Waals surface area contributed by atoms with E-state index in [1.807, 2.05) is 0 Å². The third-order valence-corrected chi connectivity index (χ3v) is 5.11. The number of nitrogens with one attached hydrogen (secondary N) is 1. The molecule has 1 aromatic carbocycles. The molecule has 11 heteroatoms. The van der Waals surface area contributed by atoms with E-state index in [0.717, 1.165) is 0 Å². The summed E-state index contributed by atoms with van der Waals surface area (Å²) in [4.78, 5) is 33.6. The van der Waals surface area contributed by atoms with Crippen molar-refractivity contribution in [1.82, 2.24) is 29.6 Å². The molecule has 31 heavy (non-hydrogen) atoms. The number of hydrogen-bond acceptors (Lipinski definition) is 7. The molecule has 0 radical (unpaired) electrons. The molecule has 0 unspecified atom stereocenters. The summed E-state index contributed by atoms with van der Waals surface area (Å²) < 4.78 is 22.2. The van der Waals surface area contributed by atoms with Crippen LogP contribution >= 0.6 is 0 Å². The fraction of sp³-hybridized carbons (Fsp3) is 0.350. The van der Waals surface area contributed by atoms with Crippen LogP contribution in [0.4, 0.5) is 4.39 Å². The Hall–Kier alpha value is -3.60. The first-order chi connectivity index (χ1) is 14.7. The quantitative estimate of drug-likeness (QED) is 0.639. The van der Waals surface area contributed by atoms with Crippen molar-refractivity contribution in [2.75, 3.05) is 6.61 Å². The van der Waals surface area contributed by atoms with Gasteiger partial charge >= 0.3 is 0 Å². The van der Waals surface area contributed by atoms with E-state index in [1.165, 1.54) is 33.8 Å². The predicted molar refractivity (Wildman–Crippen MR) is 106 cm³/mol. The topological polar surface area (TPSA) is 124 Å². The highest BCUT2D eigenvalue weighted by atomic mass is 19.1. The Balaban J connectivity index is 1.65. The molecule has 10 nitrogen and oxygen atoms in total. The first-order valence-electron chi connectivity index (χ1n) is 9.61. The van der Waals surface area contributed by atoms with E-state index in [9.17, 15) is 19.1 Å². The third-order valence-electron chi connectivity index (χ3n) is 5.11. The van der Waals surface area contributed by atoms with Crippen molar-refractivity contribution in [2.45, 2.75) is 39.5 Å². The van der Waals surface area contributed by atoms with Gasteiger partial charge in [0.2, 0.25) is 5.75 Å². The monoisotopic (exact) mass is 428 g/mol. The summed E-state index contributed by atoms with van der Waals surface area (Å²) in [7, 11) is 0. The molecule has 0 saturated carbocycles. The summed E-state index contributed by atoms with van der Waals surface area (Å²) in [6, 6.07) is 4.06. The molecule has 0 bridgehead atoms. The Morgan fingerprint density at radius 2 is 2.16 bits per heavy atom. The largest absolute Gasteiger partial charge is 0.501 e. The lowest BCUT2D eigenvalue weighted by Crippen LogP contribution is -2.42. The van der Waals surface area contributed by atoms with Crippen molar-refractivity contribution < 1.29 is 19.0 Å². The molecule has 4 rings (SSSR count). The van der Waals surface area contributed by atoms with Gasteiger partial charge in [0.25, 0.3) is 11.5 Å². The van der Waals surface area contributed by atoms with Crippen molar-refractivity contribution in [1.29, 1.82) is 0 Å². The Bertz CT molecular complexity index is 1230. The van der Waals surface area contributed by atoms with E-state index in [-0.39, 0.29) is 18.9 Å². The van der Waals surface area contributed by atoms with Gasteiger partial charge in [0.05, 0.1) is 18.8 Å². The Kier molecular flexibility index (Phi) is 5.05. The van der Waals surface area contributed by atoms with Crippen LogP contribution < -0.4 is 10.9 Å². The number of aryl methyl sites for hydroxylation is 1. The average Bonchev–Trinajstić information content (AvgIpc) is 3.15. The maximum atomic E-state index is 13.8. The van der Waals surface area contributed by atoms with Crippen LogP contribution in [-0.4, -0.2) is 41.9 Å². The fourth-order valence-corrected chi connectivity index (χ4v) is 3.51. The third kappa shape index (κ3) is 3.67. The molecule has 1 aliphatic rings.